The molecule has 0 heterocycles. The standard InChI is InChI=1S/C18H17Cl2NO/c1-2-12-8-6-7-11-14(12)21-17(22)16-15(18(16,19)20)13-9-4-3-5-10-13/h3-11,15-16H,2H2,1H3,(H,21,22)/t15-,16-/m1/s1. The van der Waals surface area contributed by atoms with E-state index in [1.807, 2.05) is 54.6 Å². The zero-order valence-electron chi connectivity index (χ0n) is 12.2. The topological polar surface area (TPSA) is 29.1 Å². The first-order chi connectivity index (χ1) is 10.6. The number of hydrogen-bond donors (Lipinski definition) is 1. The van der Waals surface area contributed by atoms with Gasteiger partial charge < -0.3 is 5.32 Å². The number of rotatable bonds is 4. The molecule has 1 aliphatic carbocycles. The SMILES string of the molecule is CCc1ccccc1NC(=O)[C@H]1[C@@H](c2ccccc2)C1(Cl)Cl. The third-order valence-electron chi connectivity index (χ3n) is 4.15. The number of nitrogens with one attached hydrogen (secondary N) is 1. The summed E-state index contributed by atoms with van der Waals surface area (Å²) in [5.41, 5.74) is 2.93. The van der Waals surface area contributed by atoms with E-state index in [-0.39, 0.29) is 11.8 Å². The fourth-order valence-electron chi connectivity index (χ4n) is 2.89. The Bertz CT molecular complexity index is 684. The molecule has 1 N–H and O–H groups in total. The number of carbonyl (C=O) groups is 1. The maximum absolute atomic E-state index is 12.6. The number of benzene rings is 2. The number of anilines is 1. The van der Waals surface area contributed by atoms with Crippen molar-refractivity contribution in [3.63, 3.8) is 0 Å². The molecule has 1 fully saturated rings. The van der Waals surface area contributed by atoms with E-state index in [2.05, 4.69) is 12.2 Å². The number of alkyl halides is 2. The summed E-state index contributed by atoms with van der Waals surface area (Å²) in [6.07, 6.45) is 0.857. The minimum absolute atomic E-state index is 0.125. The van der Waals surface area contributed by atoms with Gasteiger partial charge >= 0.3 is 0 Å². The van der Waals surface area contributed by atoms with Gasteiger partial charge in [0.1, 0.15) is 4.33 Å². The Labute approximate surface area is 140 Å². The second-order valence-corrected chi connectivity index (χ2v) is 6.98. The Morgan fingerprint density at radius 1 is 1.09 bits per heavy atom. The Kier molecular flexibility index (Phi) is 4.16. The average molecular weight is 334 g/mol. The van der Waals surface area contributed by atoms with Crippen molar-refractivity contribution >= 4 is 34.8 Å². The number of halogens is 2. The van der Waals surface area contributed by atoms with Gasteiger partial charge in [0.05, 0.1) is 5.92 Å². The third-order valence-corrected chi connectivity index (χ3v) is 5.09. The third kappa shape index (κ3) is 2.73. The first-order valence-electron chi connectivity index (χ1n) is 7.37. The molecule has 4 heteroatoms. The van der Waals surface area contributed by atoms with Crippen LogP contribution >= 0.6 is 23.2 Å². The lowest BCUT2D eigenvalue weighted by Crippen LogP contribution is -2.18. The second kappa shape index (κ2) is 5.94. The molecule has 22 heavy (non-hydrogen) atoms. The molecule has 1 amide bonds. The highest BCUT2D eigenvalue weighted by Gasteiger charge is 2.67. The summed E-state index contributed by atoms with van der Waals surface area (Å²) in [6.45, 7) is 2.06. The lowest BCUT2D eigenvalue weighted by Gasteiger charge is -2.09. The summed E-state index contributed by atoms with van der Waals surface area (Å²) >= 11 is 12.7. The molecule has 2 aromatic carbocycles. The van der Waals surface area contributed by atoms with E-state index in [0.29, 0.717) is 0 Å². The minimum atomic E-state index is -1.04. The largest absolute Gasteiger partial charge is 0.325 e. The van der Waals surface area contributed by atoms with Crippen molar-refractivity contribution in [1.29, 1.82) is 0 Å². The summed E-state index contributed by atoms with van der Waals surface area (Å²) in [4.78, 5) is 12.6. The molecular weight excluding hydrogens is 317 g/mol. The maximum Gasteiger partial charge on any atom is 0.231 e. The van der Waals surface area contributed by atoms with Gasteiger partial charge in [0.15, 0.2) is 0 Å². The normalized spacial score (nSPS) is 22.1. The van der Waals surface area contributed by atoms with Crippen molar-refractivity contribution in [2.24, 2.45) is 5.92 Å². The summed E-state index contributed by atoms with van der Waals surface area (Å²) in [6, 6.07) is 17.5. The number of aryl methyl sites for hydroxylation is 1. The lowest BCUT2D eigenvalue weighted by molar-refractivity contribution is -0.117. The van der Waals surface area contributed by atoms with Crippen molar-refractivity contribution in [3.05, 3.63) is 65.7 Å². The smallest absolute Gasteiger partial charge is 0.231 e. The minimum Gasteiger partial charge on any atom is -0.325 e. The molecule has 0 aliphatic heterocycles. The summed E-state index contributed by atoms with van der Waals surface area (Å²) < 4.78 is -1.04. The Hall–Kier alpha value is -1.51. The molecule has 2 aromatic rings. The number of carbonyl (C=O) groups excluding carboxylic acids is 1. The molecule has 0 spiro atoms. The van der Waals surface area contributed by atoms with Crippen LogP contribution in [0.3, 0.4) is 0 Å². The molecule has 0 saturated heterocycles. The van der Waals surface area contributed by atoms with Gasteiger partial charge in [-0.05, 0) is 23.6 Å². The number of hydrogen-bond acceptors (Lipinski definition) is 1. The first kappa shape index (κ1) is 15.4. The number of para-hydroxylation sites is 1. The van der Waals surface area contributed by atoms with Crippen molar-refractivity contribution in [1.82, 2.24) is 0 Å². The molecule has 1 aliphatic rings. The van der Waals surface area contributed by atoms with Crippen LogP contribution < -0.4 is 5.32 Å². The Morgan fingerprint density at radius 2 is 1.73 bits per heavy atom. The number of amides is 1. The molecular formula is C18H17Cl2NO. The van der Waals surface area contributed by atoms with Gasteiger partial charge in [-0.2, -0.15) is 0 Å². The van der Waals surface area contributed by atoms with E-state index in [4.69, 9.17) is 23.2 Å². The monoisotopic (exact) mass is 333 g/mol. The van der Waals surface area contributed by atoms with Crippen molar-refractivity contribution in [2.45, 2.75) is 23.6 Å². The molecule has 2 atom stereocenters. The van der Waals surface area contributed by atoms with Crippen LogP contribution in [0.15, 0.2) is 54.6 Å². The van der Waals surface area contributed by atoms with Crippen LogP contribution in [-0.4, -0.2) is 10.2 Å². The second-order valence-electron chi connectivity index (χ2n) is 5.54. The van der Waals surface area contributed by atoms with Crippen LogP contribution in [0.5, 0.6) is 0 Å². The summed E-state index contributed by atoms with van der Waals surface area (Å²) in [5.74, 6) is -0.714. The van der Waals surface area contributed by atoms with E-state index >= 15 is 0 Å². The van der Waals surface area contributed by atoms with E-state index in [0.717, 1.165) is 23.2 Å². The molecule has 0 bridgehead atoms. The van der Waals surface area contributed by atoms with Crippen LogP contribution in [0.25, 0.3) is 0 Å². The molecule has 2 nitrogen and oxygen atoms in total. The van der Waals surface area contributed by atoms with Gasteiger partial charge in [0, 0.05) is 11.6 Å². The average Bonchev–Trinajstić information content (AvgIpc) is 3.11. The molecule has 1 saturated carbocycles. The zero-order chi connectivity index (χ0) is 15.7. The fraction of sp³-hybridized carbons (Fsp3) is 0.278. The summed E-state index contributed by atoms with van der Waals surface area (Å²) in [5, 5.41) is 2.97. The highest BCUT2D eigenvalue weighted by atomic mass is 35.5. The lowest BCUT2D eigenvalue weighted by atomic mass is 10.1. The van der Waals surface area contributed by atoms with E-state index in [9.17, 15) is 4.79 Å². The predicted molar refractivity (Wildman–Crippen MR) is 91.6 cm³/mol. The van der Waals surface area contributed by atoms with E-state index in [1.165, 1.54) is 0 Å². The van der Waals surface area contributed by atoms with Crippen molar-refractivity contribution < 1.29 is 4.79 Å². The Morgan fingerprint density at radius 3 is 2.41 bits per heavy atom. The van der Waals surface area contributed by atoms with Crippen LogP contribution in [0.2, 0.25) is 0 Å². The van der Waals surface area contributed by atoms with Crippen molar-refractivity contribution in [3.8, 4) is 0 Å². The first-order valence-corrected chi connectivity index (χ1v) is 8.12. The highest BCUT2D eigenvalue weighted by molar-refractivity contribution is 6.53. The van der Waals surface area contributed by atoms with E-state index < -0.39 is 10.3 Å². The van der Waals surface area contributed by atoms with Crippen molar-refractivity contribution in [2.75, 3.05) is 5.32 Å². The fourth-order valence-corrected chi connectivity index (χ4v) is 3.72. The molecule has 3 rings (SSSR count). The van der Waals surface area contributed by atoms with Gasteiger partial charge in [-0.3, -0.25) is 4.79 Å². The van der Waals surface area contributed by atoms with Crippen LogP contribution in [0, 0.1) is 5.92 Å². The summed E-state index contributed by atoms with van der Waals surface area (Å²) in [7, 11) is 0. The predicted octanol–water partition coefficient (Wildman–Crippen LogP) is 4.78. The molecule has 0 radical (unpaired) electrons. The van der Waals surface area contributed by atoms with Crippen LogP contribution in [0.4, 0.5) is 5.69 Å². The van der Waals surface area contributed by atoms with Gasteiger partial charge in [-0.1, -0.05) is 55.5 Å². The van der Waals surface area contributed by atoms with Gasteiger partial charge in [0.2, 0.25) is 5.91 Å². The molecule has 0 unspecified atom stereocenters. The van der Waals surface area contributed by atoms with Crippen LogP contribution in [0.1, 0.15) is 24.0 Å². The zero-order valence-corrected chi connectivity index (χ0v) is 13.7. The van der Waals surface area contributed by atoms with Crippen LogP contribution in [-0.2, 0) is 11.2 Å². The van der Waals surface area contributed by atoms with Gasteiger partial charge in [-0.25, -0.2) is 0 Å². The Balaban J connectivity index is 1.79. The molecule has 0 aromatic heterocycles. The van der Waals surface area contributed by atoms with E-state index in [1.54, 1.807) is 0 Å². The van der Waals surface area contributed by atoms with Gasteiger partial charge in [-0.15, -0.1) is 23.2 Å². The molecule has 114 valence electrons. The quantitative estimate of drug-likeness (QED) is 0.802. The highest BCUT2D eigenvalue weighted by Crippen LogP contribution is 2.65. The van der Waals surface area contributed by atoms with Gasteiger partial charge in [0.25, 0.3) is 0 Å². The maximum atomic E-state index is 12.6.